The average Bonchev–Trinajstić information content (AvgIpc) is 3.01. The molecule has 0 aliphatic carbocycles. The quantitative estimate of drug-likeness (QED) is 0.769. The normalized spacial score (nSPS) is 10.6. The predicted octanol–water partition coefficient (Wildman–Crippen LogP) is 3.09. The molecule has 0 aliphatic heterocycles. The summed E-state index contributed by atoms with van der Waals surface area (Å²) in [6, 6.07) is 7.55. The molecular formula is C13H10BrClN6. The second-order valence-electron chi connectivity index (χ2n) is 4.28. The Bertz CT molecular complexity index is 746. The van der Waals surface area contributed by atoms with Crippen molar-refractivity contribution in [3.8, 4) is 5.69 Å². The van der Waals surface area contributed by atoms with Gasteiger partial charge in [0.15, 0.2) is 0 Å². The minimum atomic E-state index is 0.616. The molecule has 0 atom stereocenters. The van der Waals surface area contributed by atoms with E-state index in [-0.39, 0.29) is 0 Å². The number of aromatic nitrogens is 5. The van der Waals surface area contributed by atoms with Crippen molar-refractivity contribution in [2.75, 3.05) is 5.32 Å². The maximum Gasteiger partial charge on any atom is 0.143 e. The molecule has 106 valence electrons. The monoisotopic (exact) mass is 364 g/mol. The van der Waals surface area contributed by atoms with Gasteiger partial charge >= 0.3 is 0 Å². The third-order valence-corrected chi connectivity index (χ3v) is 3.57. The van der Waals surface area contributed by atoms with Crippen molar-refractivity contribution in [2.24, 2.45) is 0 Å². The number of benzene rings is 1. The third kappa shape index (κ3) is 3.37. The molecule has 8 heteroatoms. The van der Waals surface area contributed by atoms with Crippen LogP contribution in [0, 0.1) is 0 Å². The molecule has 0 fully saturated rings. The van der Waals surface area contributed by atoms with Crippen LogP contribution in [0.5, 0.6) is 0 Å². The maximum absolute atomic E-state index is 6.21. The number of pyridine rings is 1. The van der Waals surface area contributed by atoms with E-state index in [1.165, 1.54) is 6.33 Å². The summed E-state index contributed by atoms with van der Waals surface area (Å²) in [5.41, 5.74) is 2.69. The Labute approximate surface area is 134 Å². The smallest absolute Gasteiger partial charge is 0.143 e. The lowest BCUT2D eigenvalue weighted by Gasteiger charge is -2.10. The number of anilines is 1. The largest absolute Gasteiger partial charge is 0.380 e. The lowest BCUT2D eigenvalue weighted by Crippen LogP contribution is -2.02. The summed E-state index contributed by atoms with van der Waals surface area (Å²) in [6.45, 7) is 0.616. The zero-order valence-electron chi connectivity index (χ0n) is 10.7. The fourth-order valence-electron chi connectivity index (χ4n) is 1.82. The van der Waals surface area contributed by atoms with Crippen LogP contribution in [-0.2, 0) is 6.54 Å². The molecule has 1 aromatic carbocycles. The maximum atomic E-state index is 6.21. The van der Waals surface area contributed by atoms with Crippen molar-refractivity contribution >= 4 is 33.2 Å². The predicted molar refractivity (Wildman–Crippen MR) is 83.4 cm³/mol. The summed E-state index contributed by atoms with van der Waals surface area (Å²) < 4.78 is 2.51. The van der Waals surface area contributed by atoms with Gasteiger partial charge in [-0.15, -0.1) is 5.10 Å². The molecule has 0 unspecified atom stereocenters. The van der Waals surface area contributed by atoms with Gasteiger partial charge in [-0.25, -0.2) is 4.68 Å². The Morgan fingerprint density at radius 2 is 2.14 bits per heavy atom. The molecule has 0 bridgehead atoms. The minimum Gasteiger partial charge on any atom is -0.380 e. The van der Waals surface area contributed by atoms with Crippen molar-refractivity contribution < 1.29 is 0 Å². The van der Waals surface area contributed by atoms with Gasteiger partial charge in [0.1, 0.15) is 6.33 Å². The summed E-state index contributed by atoms with van der Waals surface area (Å²) in [7, 11) is 0. The molecule has 2 heterocycles. The standard InChI is InChI=1S/C13H10BrClN6/c14-10-3-9(5-16-7-10)6-17-13-4-11(1-2-12(13)15)21-8-18-19-20-21/h1-5,7-8,17H,6H2. The molecule has 0 saturated heterocycles. The number of nitrogens with one attached hydrogen (secondary N) is 1. The molecule has 3 aromatic rings. The first-order chi connectivity index (χ1) is 10.2. The molecule has 0 spiro atoms. The van der Waals surface area contributed by atoms with E-state index in [2.05, 4.69) is 41.8 Å². The molecule has 2 aromatic heterocycles. The van der Waals surface area contributed by atoms with Gasteiger partial charge in [0, 0.05) is 23.4 Å². The van der Waals surface area contributed by atoms with E-state index in [1.54, 1.807) is 23.1 Å². The number of hydrogen-bond acceptors (Lipinski definition) is 5. The van der Waals surface area contributed by atoms with Crippen molar-refractivity contribution in [1.82, 2.24) is 25.2 Å². The Morgan fingerprint density at radius 1 is 1.24 bits per heavy atom. The molecule has 1 N–H and O–H groups in total. The van der Waals surface area contributed by atoms with Gasteiger partial charge in [0.2, 0.25) is 0 Å². The van der Waals surface area contributed by atoms with E-state index in [0.29, 0.717) is 11.6 Å². The van der Waals surface area contributed by atoms with Crippen LogP contribution < -0.4 is 5.32 Å². The molecule has 0 amide bonds. The Balaban J connectivity index is 1.80. The van der Waals surface area contributed by atoms with Gasteiger partial charge in [-0.2, -0.15) is 0 Å². The topological polar surface area (TPSA) is 68.5 Å². The van der Waals surface area contributed by atoms with Crippen LogP contribution in [0.15, 0.2) is 47.5 Å². The third-order valence-electron chi connectivity index (χ3n) is 2.81. The van der Waals surface area contributed by atoms with Gasteiger partial charge in [0.25, 0.3) is 0 Å². The molecule has 0 radical (unpaired) electrons. The Kier molecular flexibility index (Phi) is 4.12. The number of rotatable bonds is 4. The highest BCUT2D eigenvalue weighted by molar-refractivity contribution is 9.10. The van der Waals surface area contributed by atoms with E-state index >= 15 is 0 Å². The molecule has 3 rings (SSSR count). The lowest BCUT2D eigenvalue weighted by molar-refractivity contribution is 0.789. The Morgan fingerprint density at radius 3 is 2.90 bits per heavy atom. The fourth-order valence-corrected chi connectivity index (χ4v) is 2.42. The van der Waals surface area contributed by atoms with Crippen LogP contribution in [-0.4, -0.2) is 25.2 Å². The summed E-state index contributed by atoms with van der Waals surface area (Å²) in [6.07, 6.45) is 5.08. The van der Waals surface area contributed by atoms with Gasteiger partial charge in [0.05, 0.1) is 16.4 Å². The number of nitrogens with zero attached hydrogens (tertiary/aromatic N) is 5. The Hall–Kier alpha value is -1.99. The zero-order valence-corrected chi connectivity index (χ0v) is 13.1. The highest BCUT2D eigenvalue weighted by Gasteiger charge is 2.05. The van der Waals surface area contributed by atoms with Gasteiger partial charge in [-0.1, -0.05) is 11.6 Å². The second kappa shape index (κ2) is 6.19. The van der Waals surface area contributed by atoms with Crippen LogP contribution >= 0.6 is 27.5 Å². The zero-order chi connectivity index (χ0) is 14.7. The highest BCUT2D eigenvalue weighted by Crippen LogP contribution is 2.25. The number of hydrogen-bond donors (Lipinski definition) is 1. The first-order valence-corrected chi connectivity index (χ1v) is 7.26. The van der Waals surface area contributed by atoms with Gasteiger partial charge in [-0.05, 0) is 56.2 Å². The minimum absolute atomic E-state index is 0.616. The SMILES string of the molecule is Clc1ccc(-n2cnnn2)cc1NCc1cncc(Br)c1. The lowest BCUT2D eigenvalue weighted by atomic mass is 10.2. The average molecular weight is 366 g/mol. The van der Waals surface area contributed by atoms with E-state index in [4.69, 9.17) is 11.6 Å². The summed E-state index contributed by atoms with van der Waals surface area (Å²) in [5.74, 6) is 0. The molecule has 6 nitrogen and oxygen atoms in total. The van der Waals surface area contributed by atoms with E-state index in [0.717, 1.165) is 21.4 Å². The number of tetrazole rings is 1. The fraction of sp³-hybridized carbons (Fsp3) is 0.0769. The van der Waals surface area contributed by atoms with Crippen molar-refractivity contribution in [2.45, 2.75) is 6.54 Å². The van der Waals surface area contributed by atoms with E-state index in [1.807, 2.05) is 18.2 Å². The van der Waals surface area contributed by atoms with Crippen LogP contribution in [0.2, 0.25) is 5.02 Å². The van der Waals surface area contributed by atoms with Gasteiger partial charge in [-0.3, -0.25) is 4.98 Å². The van der Waals surface area contributed by atoms with Crippen LogP contribution in [0.4, 0.5) is 5.69 Å². The molecule has 21 heavy (non-hydrogen) atoms. The molecule has 0 aliphatic rings. The highest BCUT2D eigenvalue weighted by atomic mass is 79.9. The van der Waals surface area contributed by atoms with Crippen LogP contribution in [0.25, 0.3) is 5.69 Å². The van der Waals surface area contributed by atoms with Crippen molar-refractivity contribution in [3.05, 3.63) is 58.0 Å². The van der Waals surface area contributed by atoms with Crippen LogP contribution in [0.3, 0.4) is 0 Å². The summed E-state index contributed by atoms with van der Waals surface area (Å²) in [5, 5.41) is 15.0. The summed E-state index contributed by atoms with van der Waals surface area (Å²) >= 11 is 9.61. The van der Waals surface area contributed by atoms with E-state index < -0.39 is 0 Å². The first kappa shape index (κ1) is 14.0. The second-order valence-corrected chi connectivity index (χ2v) is 5.61. The molecular weight excluding hydrogens is 356 g/mol. The van der Waals surface area contributed by atoms with Gasteiger partial charge < -0.3 is 5.32 Å². The number of halogens is 2. The van der Waals surface area contributed by atoms with Crippen molar-refractivity contribution in [1.29, 1.82) is 0 Å². The molecule has 0 saturated carbocycles. The summed E-state index contributed by atoms with van der Waals surface area (Å²) in [4.78, 5) is 4.13. The van der Waals surface area contributed by atoms with E-state index in [9.17, 15) is 0 Å². The van der Waals surface area contributed by atoms with Crippen LogP contribution in [0.1, 0.15) is 5.56 Å². The van der Waals surface area contributed by atoms with Crippen molar-refractivity contribution in [3.63, 3.8) is 0 Å². The first-order valence-electron chi connectivity index (χ1n) is 6.08.